The van der Waals surface area contributed by atoms with Gasteiger partial charge in [-0.05, 0) is 44.2 Å². The van der Waals surface area contributed by atoms with E-state index in [4.69, 9.17) is 0 Å². The summed E-state index contributed by atoms with van der Waals surface area (Å²) in [5.74, 6) is -0.153. The summed E-state index contributed by atoms with van der Waals surface area (Å²) in [6, 6.07) is 6.98. The van der Waals surface area contributed by atoms with E-state index in [2.05, 4.69) is 5.32 Å². The van der Waals surface area contributed by atoms with Crippen molar-refractivity contribution in [3.05, 3.63) is 35.4 Å². The number of nitrogens with one attached hydrogen (secondary N) is 1. The lowest BCUT2D eigenvalue weighted by atomic mass is 9.88. The minimum atomic E-state index is -0.275. The molecule has 1 saturated carbocycles. The lowest BCUT2D eigenvalue weighted by Gasteiger charge is -2.33. The fourth-order valence-electron chi connectivity index (χ4n) is 4.95. The number of likely N-dealkylation sites (tertiary alicyclic amines) is 1. The molecule has 0 aromatic heterocycles. The predicted octanol–water partition coefficient (Wildman–Crippen LogP) is 2.75. The number of carbonyl (C=O) groups excluding carboxylic acids is 4. The maximum absolute atomic E-state index is 12.6. The SMILES string of the molecule is O=C(NC1CCN(C(=O)CCCN2C(=O)c3ccccc3C2=O)CC1)C1CCCCC1. The molecule has 0 unspecified atom stereocenters. The molecule has 7 nitrogen and oxygen atoms in total. The third-order valence-corrected chi connectivity index (χ3v) is 6.82. The molecule has 1 aromatic rings. The molecule has 166 valence electrons. The van der Waals surface area contributed by atoms with Crippen LogP contribution in [0.5, 0.6) is 0 Å². The summed E-state index contributed by atoms with van der Waals surface area (Å²) in [7, 11) is 0. The van der Waals surface area contributed by atoms with Crippen LogP contribution in [-0.2, 0) is 9.59 Å². The van der Waals surface area contributed by atoms with E-state index in [1.165, 1.54) is 11.3 Å². The van der Waals surface area contributed by atoms with Gasteiger partial charge in [0.25, 0.3) is 11.8 Å². The topological polar surface area (TPSA) is 86.8 Å². The summed E-state index contributed by atoms with van der Waals surface area (Å²) >= 11 is 0. The van der Waals surface area contributed by atoms with Gasteiger partial charge in [-0.2, -0.15) is 0 Å². The van der Waals surface area contributed by atoms with Crippen molar-refractivity contribution in [3.8, 4) is 0 Å². The van der Waals surface area contributed by atoms with Crippen LogP contribution in [0.15, 0.2) is 24.3 Å². The highest BCUT2D eigenvalue weighted by Crippen LogP contribution is 2.25. The second-order valence-corrected chi connectivity index (χ2v) is 8.91. The van der Waals surface area contributed by atoms with Crippen molar-refractivity contribution in [2.24, 2.45) is 5.92 Å². The Kier molecular flexibility index (Phi) is 6.68. The Bertz CT molecular complexity index is 819. The molecule has 0 spiro atoms. The van der Waals surface area contributed by atoms with Gasteiger partial charge < -0.3 is 10.2 Å². The van der Waals surface area contributed by atoms with Crippen LogP contribution in [0.3, 0.4) is 0 Å². The van der Waals surface area contributed by atoms with Crippen LogP contribution in [0.25, 0.3) is 0 Å². The number of hydrogen-bond acceptors (Lipinski definition) is 4. The van der Waals surface area contributed by atoms with Gasteiger partial charge in [0.05, 0.1) is 11.1 Å². The third-order valence-electron chi connectivity index (χ3n) is 6.82. The Morgan fingerprint density at radius 3 is 2.13 bits per heavy atom. The quantitative estimate of drug-likeness (QED) is 0.710. The van der Waals surface area contributed by atoms with Gasteiger partial charge in [-0.1, -0.05) is 31.4 Å². The van der Waals surface area contributed by atoms with Gasteiger partial charge in [0.1, 0.15) is 0 Å². The van der Waals surface area contributed by atoms with E-state index in [0.29, 0.717) is 37.1 Å². The molecule has 3 aliphatic rings. The summed E-state index contributed by atoms with van der Waals surface area (Å²) in [6.07, 6.45) is 7.85. The third kappa shape index (κ3) is 4.81. The van der Waals surface area contributed by atoms with E-state index in [9.17, 15) is 19.2 Å². The molecule has 31 heavy (non-hydrogen) atoms. The molecule has 1 aromatic carbocycles. The van der Waals surface area contributed by atoms with Gasteiger partial charge in [-0.25, -0.2) is 0 Å². The molecule has 7 heteroatoms. The zero-order valence-corrected chi connectivity index (χ0v) is 18.0. The lowest BCUT2D eigenvalue weighted by molar-refractivity contribution is -0.132. The Labute approximate surface area is 183 Å². The number of piperidine rings is 1. The van der Waals surface area contributed by atoms with Crippen molar-refractivity contribution in [2.45, 2.75) is 63.8 Å². The maximum Gasteiger partial charge on any atom is 0.261 e. The summed E-state index contributed by atoms with van der Waals surface area (Å²) in [5, 5.41) is 3.19. The van der Waals surface area contributed by atoms with Crippen molar-refractivity contribution in [1.82, 2.24) is 15.1 Å². The first-order valence-electron chi connectivity index (χ1n) is 11.6. The van der Waals surface area contributed by atoms with E-state index >= 15 is 0 Å². The minimum absolute atomic E-state index is 0.0497. The molecule has 2 fully saturated rings. The fraction of sp³-hybridized carbons (Fsp3) is 0.583. The fourth-order valence-corrected chi connectivity index (χ4v) is 4.95. The van der Waals surface area contributed by atoms with Gasteiger partial charge in [0.2, 0.25) is 11.8 Å². The van der Waals surface area contributed by atoms with E-state index < -0.39 is 0 Å². The van der Waals surface area contributed by atoms with Crippen molar-refractivity contribution in [2.75, 3.05) is 19.6 Å². The van der Waals surface area contributed by atoms with Crippen LogP contribution in [0.4, 0.5) is 0 Å². The Morgan fingerprint density at radius 2 is 1.52 bits per heavy atom. The van der Waals surface area contributed by atoms with Crippen LogP contribution in [0.1, 0.15) is 78.5 Å². The first-order valence-corrected chi connectivity index (χ1v) is 11.6. The highest BCUT2D eigenvalue weighted by atomic mass is 16.2. The number of hydrogen-bond donors (Lipinski definition) is 1. The van der Waals surface area contributed by atoms with Gasteiger partial charge in [-0.15, -0.1) is 0 Å². The highest BCUT2D eigenvalue weighted by molar-refractivity contribution is 6.21. The molecule has 0 atom stereocenters. The highest BCUT2D eigenvalue weighted by Gasteiger charge is 2.35. The first kappa shape index (κ1) is 21.5. The van der Waals surface area contributed by atoms with Crippen LogP contribution in [0.2, 0.25) is 0 Å². The Morgan fingerprint density at radius 1 is 0.903 bits per heavy atom. The van der Waals surface area contributed by atoms with Crippen LogP contribution >= 0.6 is 0 Å². The Hall–Kier alpha value is -2.70. The number of rotatable bonds is 6. The monoisotopic (exact) mass is 425 g/mol. The van der Waals surface area contributed by atoms with Crippen molar-refractivity contribution in [3.63, 3.8) is 0 Å². The largest absolute Gasteiger partial charge is 0.353 e. The smallest absolute Gasteiger partial charge is 0.261 e. The average Bonchev–Trinajstić information content (AvgIpc) is 3.05. The number of imide groups is 1. The Balaban J connectivity index is 1.17. The minimum Gasteiger partial charge on any atom is -0.353 e. The number of fused-ring (bicyclic) bond motifs is 1. The predicted molar refractivity (Wildman–Crippen MR) is 115 cm³/mol. The van der Waals surface area contributed by atoms with Gasteiger partial charge in [-0.3, -0.25) is 24.1 Å². The van der Waals surface area contributed by atoms with E-state index in [1.807, 2.05) is 4.90 Å². The molecule has 4 rings (SSSR count). The summed E-state index contributed by atoms with van der Waals surface area (Å²) < 4.78 is 0. The van der Waals surface area contributed by atoms with Crippen molar-refractivity contribution in [1.29, 1.82) is 0 Å². The lowest BCUT2D eigenvalue weighted by Crippen LogP contribution is -2.48. The molecular weight excluding hydrogens is 394 g/mol. The van der Waals surface area contributed by atoms with Crippen molar-refractivity contribution >= 4 is 23.6 Å². The second kappa shape index (κ2) is 9.62. The maximum atomic E-state index is 12.6. The van der Waals surface area contributed by atoms with E-state index in [0.717, 1.165) is 38.5 Å². The van der Waals surface area contributed by atoms with E-state index in [1.54, 1.807) is 24.3 Å². The molecule has 1 aliphatic carbocycles. The normalized spacial score (nSPS) is 20.1. The van der Waals surface area contributed by atoms with Gasteiger partial charge in [0.15, 0.2) is 0 Å². The number of carbonyl (C=O) groups is 4. The molecule has 2 aliphatic heterocycles. The molecule has 0 bridgehead atoms. The van der Waals surface area contributed by atoms with Gasteiger partial charge in [0, 0.05) is 38.0 Å². The van der Waals surface area contributed by atoms with Gasteiger partial charge >= 0.3 is 0 Å². The van der Waals surface area contributed by atoms with Crippen LogP contribution < -0.4 is 5.32 Å². The summed E-state index contributed by atoms with van der Waals surface area (Å²) in [4.78, 5) is 52.9. The molecule has 4 amide bonds. The summed E-state index contributed by atoms with van der Waals surface area (Å²) in [6.45, 7) is 1.54. The zero-order valence-electron chi connectivity index (χ0n) is 18.0. The van der Waals surface area contributed by atoms with Crippen molar-refractivity contribution < 1.29 is 19.2 Å². The zero-order chi connectivity index (χ0) is 21.8. The van der Waals surface area contributed by atoms with E-state index in [-0.39, 0.29) is 42.1 Å². The molecule has 1 saturated heterocycles. The standard InChI is InChI=1S/C24H31N3O4/c28-21(11-6-14-27-23(30)19-9-4-5-10-20(19)24(27)31)26-15-12-18(13-16-26)25-22(29)17-7-2-1-3-8-17/h4-5,9-10,17-18H,1-3,6-8,11-16H2,(H,25,29). The molecular formula is C24H31N3O4. The second-order valence-electron chi connectivity index (χ2n) is 8.91. The average molecular weight is 426 g/mol. The molecule has 1 N–H and O–H groups in total. The molecule has 0 radical (unpaired) electrons. The molecule has 2 heterocycles. The number of amides is 4. The number of benzene rings is 1. The van der Waals surface area contributed by atoms with Crippen LogP contribution in [-0.4, -0.2) is 59.1 Å². The number of nitrogens with zero attached hydrogens (tertiary/aromatic N) is 2. The van der Waals surface area contributed by atoms with Crippen LogP contribution in [0, 0.1) is 5.92 Å². The summed E-state index contributed by atoms with van der Waals surface area (Å²) in [5.41, 5.74) is 0.882. The first-order chi connectivity index (χ1) is 15.0.